The molecular formula is C14H14BrClN2O. The Balaban J connectivity index is 2.12. The van der Waals surface area contributed by atoms with Gasteiger partial charge in [0.1, 0.15) is 18.2 Å². The van der Waals surface area contributed by atoms with Gasteiger partial charge in [0.05, 0.1) is 5.02 Å². The van der Waals surface area contributed by atoms with E-state index in [1.54, 1.807) is 12.3 Å². The highest BCUT2D eigenvalue weighted by atomic mass is 79.9. The Bertz CT molecular complexity index is 563. The van der Waals surface area contributed by atoms with Crippen LogP contribution in [0.5, 0.6) is 5.75 Å². The molecule has 100 valence electrons. The van der Waals surface area contributed by atoms with Crippen LogP contribution >= 0.6 is 27.5 Å². The zero-order valence-electron chi connectivity index (χ0n) is 10.5. The maximum absolute atomic E-state index is 6.09. The van der Waals surface area contributed by atoms with Crippen molar-refractivity contribution < 1.29 is 4.74 Å². The molecule has 0 spiro atoms. The highest BCUT2D eigenvalue weighted by molar-refractivity contribution is 9.10. The number of hydrogen-bond acceptors (Lipinski definition) is 3. The molecule has 0 unspecified atom stereocenters. The van der Waals surface area contributed by atoms with Crippen LogP contribution in [0.4, 0.5) is 5.82 Å². The van der Waals surface area contributed by atoms with Crippen LogP contribution in [0.15, 0.2) is 41.0 Å². The van der Waals surface area contributed by atoms with E-state index in [9.17, 15) is 0 Å². The number of halogens is 2. The predicted octanol–water partition coefficient (Wildman–Crippen LogP) is 4.51. The van der Waals surface area contributed by atoms with Crippen molar-refractivity contribution in [2.45, 2.75) is 13.5 Å². The molecule has 0 fully saturated rings. The molecule has 5 heteroatoms. The van der Waals surface area contributed by atoms with Crippen LogP contribution in [0.2, 0.25) is 5.02 Å². The maximum Gasteiger partial charge on any atom is 0.139 e. The minimum Gasteiger partial charge on any atom is -0.487 e. The molecule has 0 saturated carbocycles. The molecular weight excluding hydrogens is 328 g/mol. The Hall–Kier alpha value is -1.26. The molecule has 1 heterocycles. The van der Waals surface area contributed by atoms with Gasteiger partial charge in [-0.2, -0.15) is 0 Å². The van der Waals surface area contributed by atoms with Gasteiger partial charge in [-0.25, -0.2) is 4.98 Å². The lowest BCUT2D eigenvalue weighted by Gasteiger charge is -2.12. The number of anilines is 1. The normalized spacial score (nSPS) is 10.3. The molecule has 1 N–H and O–H groups in total. The van der Waals surface area contributed by atoms with Gasteiger partial charge in [0.25, 0.3) is 0 Å². The van der Waals surface area contributed by atoms with Crippen molar-refractivity contribution in [3.8, 4) is 5.75 Å². The molecule has 3 nitrogen and oxygen atoms in total. The van der Waals surface area contributed by atoms with Gasteiger partial charge in [0.2, 0.25) is 0 Å². The highest BCUT2D eigenvalue weighted by Gasteiger charge is 2.06. The summed E-state index contributed by atoms with van der Waals surface area (Å²) in [5.74, 6) is 1.50. The first kappa shape index (κ1) is 14.2. The van der Waals surface area contributed by atoms with Crippen LogP contribution < -0.4 is 10.1 Å². The molecule has 0 radical (unpaired) electrons. The predicted molar refractivity (Wildman–Crippen MR) is 81.9 cm³/mol. The first-order valence-corrected chi connectivity index (χ1v) is 7.13. The lowest BCUT2D eigenvalue weighted by Crippen LogP contribution is -2.05. The third kappa shape index (κ3) is 3.85. The average molecular weight is 342 g/mol. The fourth-order valence-corrected chi connectivity index (χ4v) is 2.14. The third-order valence-electron chi connectivity index (χ3n) is 2.51. The first-order chi connectivity index (χ1) is 9.20. The van der Waals surface area contributed by atoms with Crippen molar-refractivity contribution in [2.75, 3.05) is 11.9 Å². The Kier molecular flexibility index (Phi) is 5.05. The molecule has 0 aliphatic carbocycles. The van der Waals surface area contributed by atoms with Crippen molar-refractivity contribution in [1.29, 1.82) is 0 Å². The van der Waals surface area contributed by atoms with Gasteiger partial charge in [-0.15, -0.1) is 0 Å². The summed E-state index contributed by atoms with van der Waals surface area (Å²) in [5, 5.41) is 3.80. The quantitative estimate of drug-likeness (QED) is 0.869. The Morgan fingerprint density at radius 3 is 3.00 bits per heavy atom. The van der Waals surface area contributed by atoms with E-state index in [0.717, 1.165) is 22.4 Å². The van der Waals surface area contributed by atoms with E-state index in [0.29, 0.717) is 17.4 Å². The number of pyridine rings is 1. The van der Waals surface area contributed by atoms with Gasteiger partial charge < -0.3 is 10.1 Å². The molecule has 0 atom stereocenters. The lowest BCUT2D eigenvalue weighted by atomic mass is 10.2. The van der Waals surface area contributed by atoms with Gasteiger partial charge in [-0.05, 0) is 31.2 Å². The van der Waals surface area contributed by atoms with Crippen LogP contribution in [-0.2, 0) is 6.61 Å². The average Bonchev–Trinajstić information content (AvgIpc) is 2.42. The minimum atomic E-state index is 0.423. The number of ether oxygens (including phenoxy) is 1. The highest BCUT2D eigenvalue weighted by Crippen LogP contribution is 2.29. The van der Waals surface area contributed by atoms with E-state index in [2.05, 4.69) is 26.2 Å². The van der Waals surface area contributed by atoms with Crippen molar-refractivity contribution in [3.05, 3.63) is 51.6 Å². The number of nitrogens with one attached hydrogen (secondary N) is 1. The van der Waals surface area contributed by atoms with Crippen LogP contribution in [0.3, 0.4) is 0 Å². The standard InChI is InChI=1S/C14H14BrClN2O/c1-2-17-14-10(4-3-7-18-14)9-19-13-8-11(15)5-6-12(13)16/h3-8H,2,9H2,1H3,(H,17,18). The topological polar surface area (TPSA) is 34.2 Å². The molecule has 19 heavy (non-hydrogen) atoms. The van der Waals surface area contributed by atoms with Crippen molar-refractivity contribution in [3.63, 3.8) is 0 Å². The Morgan fingerprint density at radius 1 is 1.37 bits per heavy atom. The van der Waals surface area contributed by atoms with E-state index in [1.807, 2.05) is 31.2 Å². The van der Waals surface area contributed by atoms with E-state index in [4.69, 9.17) is 16.3 Å². The largest absolute Gasteiger partial charge is 0.487 e. The van der Waals surface area contributed by atoms with Crippen LogP contribution in [0.1, 0.15) is 12.5 Å². The minimum absolute atomic E-state index is 0.423. The van der Waals surface area contributed by atoms with Gasteiger partial charge in [-0.1, -0.05) is 33.6 Å². The van der Waals surface area contributed by atoms with E-state index < -0.39 is 0 Å². The number of hydrogen-bond donors (Lipinski definition) is 1. The maximum atomic E-state index is 6.09. The summed E-state index contributed by atoms with van der Waals surface area (Å²) in [5.41, 5.74) is 1.00. The molecule has 0 aliphatic heterocycles. The van der Waals surface area contributed by atoms with Crippen molar-refractivity contribution >= 4 is 33.3 Å². The van der Waals surface area contributed by atoms with Crippen molar-refractivity contribution in [1.82, 2.24) is 4.98 Å². The number of benzene rings is 1. The van der Waals surface area contributed by atoms with Gasteiger partial charge >= 0.3 is 0 Å². The molecule has 0 aliphatic rings. The third-order valence-corrected chi connectivity index (χ3v) is 3.32. The van der Waals surface area contributed by atoms with Gasteiger partial charge in [-0.3, -0.25) is 0 Å². The van der Waals surface area contributed by atoms with Gasteiger partial charge in [0.15, 0.2) is 0 Å². The Labute approximate surface area is 126 Å². The summed E-state index contributed by atoms with van der Waals surface area (Å²) in [6, 6.07) is 9.41. The smallest absolute Gasteiger partial charge is 0.139 e. The summed E-state index contributed by atoms with van der Waals surface area (Å²) in [6.07, 6.45) is 1.76. The SMILES string of the molecule is CCNc1ncccc1COc1cc(Br)ccc1Cl. The summed E-state index contributed by atoms with van der Waals surface area (Å²) in [7, 11) is 0. The molecule has 1 aromatic carbocycles. The summed E-state index contributed by atoms with van der Waals surface area (Å²) in [6.45, 7) is 3.28. The second-order valence-corrected chi connectivity index (χ2v) is 5.23. The zero-order valence-corrected chi connectivity index (χ0v) is 12.8. The lowest BCUT2D eigenvalue weighted by molar-refractivity contribution is 0.306. The van der Waals surface area contributed by atoms with E-state index in [-0.39, 0.29) is 0 Å². The fourth-order valence-electron chi connectivity index (χ4n) is 1.63. The molecule has 2 rings (SSSR count). The van der Waals surface area contributed by atoms with Crippen molar-refractivity contribution in [2.24, 2.45) is 0 Å². The van der Waals surface area contributed by atoms with Crippen LogP contribution in [-0.4, -0.2) is 11.5 Å². The number of rotatable bonds is 5. The monoisotopic (exact) mass is 340 g/mol. The fraction of sp³-hybridized carbons (Fsp3) is 0.214. The van der Waals surface area contributed by atoms with E-state index >= 15 is 0 Å². The molecule has 0 bridgehead atoms. The molecule has 0 saturated heterocycles. The summed E-state index contributed by atoms with van der Waals surface area (Å²) >= 11 is 9.48. The molecule has 1 aromatic heterocycles. The number of aromatic nitrogens is 1. The molecule has 2 aromatic rings. The van der Waals surface area contributed by atoms with Crippen LogP contribution in [0, 0.1) is 0 Å². The first-order valence-electron chi connectivity index (χ1n) is 5.96. The second-order valence-electron chi connectivity index (χ2n) is 3.90. The number of nitrogens with zero attached hydrogens (tertiary/aromatic N) is 1. The summed E-state index contributed by atoms with van der Waals surface area (Å²) < 4.78 is 6.68. The summed E-state index contributed by atoms with van der Waals surface area (Å²) in [4.78, 5) is 4.29. The second kappa shape index (κ2) is 6.78. The molecule has 0 amide bonds. The van der Waals surface area contributed by atoms with Gasteiger partial charge in [0, 0.05) is 22.8 Å². The van der Waals surface area contributed by atoms with Crippen LogP contribution in [0.25, 0.3) is 0 Å². The van der Waals surface area contributed by atoms with E-state index in [1.165, 1.54) is 0 Å². The zero-order chi connectivity index (χ0) is 13.7. The Morgan fingerprint density at radius 2 is 2.21 bits per heavy atom.